The average molecular weight is 363 g/mol. The zero-order valence-corrected chi connectivity index (χ0v) is 14.9. The predicted molar refractivity (Wildman–Crippen MR) is 103 cm³/mol. The van der Waals surface area contributed by atoms with Crippen molar-refractivity contribution in [2.75, 3.05) is 18.8 Å². The van der Waals surface area contributed by atoms with E-state index >= 15 is 0 Å². The second-order valence-corrected chi connectivity index (χ2v) is 7.62. The van der Waals surface area contributed by atoms with E-state index in [0.29, 0.717) is 18.8 Å². The largest absolute Gasteiger partial charge is 0.369 e. The molecule has 1 amide bonds. The number of benzene rings is 1. The van der Waals surface area contributed by atoms with E-state index in [9.17, 15) is 9.59 Å². The molecule has 1 aliphatic heterocycles. The van der Waals surface area contributed by atoms with Crippen molar-refractivity contribution < 1.29 is 4.79 Å². The van der Waals surface area contributed by atoms with Crippen LogP contribution in [-0.2, 0) is 11.8 Å². The van der Waals surface area contributed by atoms with Crippen LogP contribution in [0.4, 0.5) is 5.95 Å². The average Bonchev–Trinajstić information content (AvgIpc) is 3.25. The molecule has 0 atom stereocenters. The van der Waals surface area contributed by atoms with Crippen molar-refractivity contribution in [2.24, 2.45) is 0 Å². The van der Waals surface area contributed by atoms with Crippen LogP contribution in [0.5, 0.6) is 0 Å². The van der Waals surface area contributed by atoms with Gasteiger partial charge in [-0.15, -0.1) is 0 Å². The Morgan fingerprint density at radius 2 is 1.93 bits per heavy atom. The zero-order chi connectivity index (χ0) is 18.6. The fraction of sp³-hybridized carbons (Fsp3) is 0.350. The first-order valence-electron chi connectivity index (χ1n) is 9.32. The van der Waals surface area contributed by atoms with E-state index < -0.39 is 0 Å². The normalized spacial score (nSPS) is 18.1. The molecule has 1 saturated heterocycles. The summed E-state index contributed by atoms with van der Waals surface area (Å²) in [4.78, 5) is 37.3. The lowest BCUT2D eigenvalue weighted by Gasteiger charge is -2.39. The van der Waals surface area contributed by atoms with E-state index in [2.05, 4.69) is 15.0 Å². The molecule has 2 aliphatic rings. The number of carbonyl (C=O) groups excluding carboxylic acids is 1. The first-order valence-corrected chi connectivity index (χ1v) is 9.32. The number of H-pyrrole nitrogens is 2. The Labute approximate surface area is 155 Å². The summed E-state index contributed by atoms with van der Waals surface area (Å²) in [7, 11) is 0. The monoisotopic (exact) mass is 363 g/mol. The number of carbonyl (C=O) groups is 1. The van der Waals surface area contributed by atoms with Crippen molar-refractivity contribution in [3.8, 4) is 0 Å². The Morgan fingerprint density at radius 3 is 2.70 bits per heavy atom. The van der Waals surface area contributed by atoms with Gasteiger partial charge in [-0.1, -0.05) is 18.2 Å². The molecule has 5 rings (SSSR count). The second kappa shape index (κ2) is 5.70. The molecule has 2 aromatic heterocycles. The number of nitrogens with two attached hydrogens (primary N) is 1. The molecule has 4 N–H and O–H groups in total. The number of aromatic amines is 2. The standard InChI is InChI=1S/C20H21N5O2/c21-19-23-16-13(17(26)24-19)5-6-20(16)7-9-25(10-8-20)18(27)15-11-12-3-1-2-4-14(12)22-15/h1-4,11,22H,5-10H2,(H3,21,23,24,26). The zero-order valence-electron chi connectivity index (χ0n) is 14.9. The van der Waals surface area contributed by atoms with Crippen LogP contribution >= 0.6 is 0 Å². The molecule has 0 bridgehead atoms. The number of amides is 1. The number of nitrogens with one attached hydrogen (secondary N) is 2. The molecular weight excluding hydrogens is 342 g/mol. The maximum absolute atomic E-state index is 12.9. The Hall–Kier alpha value is -3.09. The van der Waals surface area contributed by atoms with Crippen molar-refractivity contribution in [1.82, 2.24) is 19.9 Å². The number of likely N-dealkylation sites (tertiary alicyclic amines) is 1. The first kappa shape index (κ1) is 16.1. The van der Waals surface area contributed by atoms with Crippen LogP contribution in [0.2, 0.25) is 0 Å². The van der Waals surface area contributed by atoms with Gasteiger partial charge in [0.25, 0.3) is 11.5 Å². The molecule has 0 radical (unpaired) electrons. The van der Waals surface area contributed by atoms with E-state index in [1.165, 1.54) is 0 Å². The molecule has 3 heterocycles. The Kier molecular flexibility index (Phi) is 3.40. The lowest BCUT2D eigenvalue weighted by Crippen LogP contribution is -2.45. The van der Waals surface area contributed by atoms with E-state index in [1.54, 1.807) is 0 Å². The highest BCUT2D eigenvalue weighted by Gasteiger charge is 2.44. The summed E-state index contributed by atoms with van der Waals surface area (Å²) in [5, 5.41) is 1.04. The van der Waals surface area contributed by atoms with Crippen molar-refractivity contribution in [1.29, 1.82) is 0 Å². The van der Waals surface area contributed by atoms with Crippen molar-refractivity contribution in [2.45, 2.75) is 31.1 Å². The van der Waals surface area contributed by atoms with Gasteiger partial charge in [0.05, 0.1) is 5.69 Å². The third-order valence-corrected chi connectivity index (χ3v) is 6.16. The van der Waals surface area contributed by atoms with Crippen LogP contribution < -0.4 is 11.3 Å². The number of hydrogen-bond acceptors (Lipinski definition) is 4. The summed E-state index contributed by atoms with van der Waals surface area (Å²) in [6, 6.07) is 9.80. The van der Waals surface area contributed by atoms with E-state index in [1.807, 2.05) is 35.2 Å². The maximum Gasteiger partial charge on any atom is 0.270 e. The second-order valence-electron chi connectivity index (χ2n) is 7.62. The predicted octanol–water partition coefficient (Wildman–Crippen LogP) is 1.95. The minimum absolute atomic E-state index is 0.0256. The van der Waals surface area contributed by atoms with Crippen LogP contribution in [0.25, 0.3) is 10.9 Å². The summed E-state index contributed by atoms with van der Waals surface area (Å²) < 4.78 is 0. The van der Waals surface area contributed by atoms with Crippen molar-refractivity contribution >= 4 is 22.8 Å². The minimum Gasteiger partial charge on any atom is -0.369 e. The van der Waals surface area contributed by atoms with Crippen molar-refractivity contribution in [3.05, 3.63) is 57.6 Å². The summed E-state index contributed by atoms with van der Waals surface area (Å²) in [6.07, 6.45) is 3.24. The van der Waals surface area contributed by atoms with Gasteiger partial charge in [0, 0.05) is 35.0 Å². The van der Waals surface area contributed by atoms with Crippen LogP contribution in [0.3, 0.4) is 0 Å². The molecule has 1 spiro atoms. The number of anilines is 1. The number of fused-ring (bicyclic) bond motifs is 3. The van der Waals surface area contributed by atoms with Crippen molar-refractivity contribution in [3.63, 3.8) is 0 Å². The van der Waals surface area contributed by atoms with Gasteiger partial charge in [-0.05, 0) is 37.8 Å². The van der Waals surface area contributed by atoms with Gasteiger partial charge in [-0.2, -0.15) is 0 Å². The molecule has 0 unspecified atom stereocenters. The highest BCUT2D eigenvalue weighted by atomic mass is 16.2. The lowest BCUT2D eigenvalue weighted by molar-refractivity contribution is 0.0658. The third-order valence-electron chi connectivity index (χ3n) is 6.16. The van der Waals surface area contributed by atoms with E-state index in [4.69, 9.17) is 5.73 Å². The number of para-hydroxylation sites is 1. The number of hydrogen-bond donors (Lipinski definition) is 3. The summed E-state index contributed by atoms with van der Waals surface area (Å²) in [5.74, 6) is 0.203. The molecule has 7 heteroatoms. The molecule has 1 fully saturated rings. The highest BCUT2D eigenvalue weighted by molar-refractivity contribution is 5.98. The Balaban J connectivity index is 1.38. The van der Waals surface area contributed by atoms with E-state index in [0.717, 1.165) is 47.8 Å². The lowest BCUT2D eigenvalue weighted by atomic mass is 9.76. The highest BCUT2D eigenvalue weighted by Crippen LogP contribution is 2.44. The third kappa shape index (κ3) is 2.45. The number of rotatable bonds is 1. The van der Waals surface area contributed by atoms with Gasteiger partial charge < -0.3 is 15.6 Å². The number of nitrogen functional groups attached to an aromatic ring is 1. The van der Waals surface area contributed by atoms with Gasteiger partial charge in [-0.3, -0.25) is 14.6 Å². The number of aromatic nitrogens is 3. The molecule has 0 saturated carbocycles. The molecule has 1 aromatic carbocycles. The van der Waals surface area contributed by atoms with Crippen LogP contribution in [0, 0.1) is 0 Å². The fourth-order valence-corrected chi connectivity index (χ4v) is 4.65. The Morgan fingerprint density at radius 1 is 1.15 bits per heavy atom. The van der Waals surface area contributed by atoms with E-state index in [-0.39, 0.29) is 22.8 Å². The molecule has 3 aromatic rings. The smallest absolute Gasteiger partial charge is 0.270 e. The fourth-order valence-electron chi connectivity index (χ4n) is 4.65. The maximum atomic E-state index is 12.9. The van der Waals surface area contributed by atoms with Crippen LogP contribution in [-0.4, -0.2) is 38.8 Å². The first-order chi connectivity index (χ1) is 13.1. The summed E-state index contributed by atoms with van der Waals surface area (Å²) in [6.45, 7) is 1.31. The summed E-state index contributed by atoms with van der Waals surface area (Å²) in [5.41, 5.74) is 8.73. The number of piperidine rings is 1. The SMILES string of the molecule is Nc1nc2c(c(=O)[nH]1)CCC21CCN(C(=O)c2cc3ccccc3[nH]2)CC1. The topological polar surface area (TPSA) is 108 Å². The quantitative estimate of drug-likeness (QED) is 0.614. The van der Waals surface area contributed by atoms with Gasteiger partial charge >= 0.3 is 0 Å². The molecule has 27 heavy (non-hydrogen) atoms. The van der Waals surface area contributed by atoms with Gasteiger partial charge in [0.15, 0.2) is 0 Å². The van der Waals surface area contributed by atoms with Gasteiger partial charge in [0.1, 0.15) is 5.69 Å². The molecule has 1 aliphatic carbocycles. The minimum atomic E-state index is -0.130. The van der Waals surface area contributed by atoms with Crippen LogP contribution in [0.15, 0.2) is 35.1 Å². The van der Waals surface area contributed by atoms with Gasteiger partial charge in [-0.25, -0.2) is 4.98 Å². The molecule has 7 nitrogen and oxygen atoms in total. The number of nitrogens with zero attached hydrogens (tertiary/aromatic N) is 2. The summed E-state index contributed by atoms with van der Waals surface area (Å²) >= 11 is 0. The molecule has 138 valence electrons. The van der Waals surface area contributed by atoms with Crippen LogP contribution in [0.1, 0.15) is 41.0 Å². The Bertz CT molecular complexity index is 1070. The van der Waals surface area contributed by atoms with Gasteiger partial charge in [0.2, 0.25) is 5.95 Å². The molecular formula is C20H21N5O2.